The first kappa shape index (κ1) is 15.7. The van der Waals surface area contributed by atoms with E-state index in [-0.39, 0.29) is 0 Å². The molecule has 23 heavy (non-hydrogen) atoms. The largest absolute Gasteiger partial charge is 0.372 e. The van der Waals surface area contributed by atoms with E-state index in [2.05, 4.69) is 44.8 Å². The summed E-state index contributed by atoms with van der Waals surface area (Å²) >= 11 is 5.34. The molecular weight excluding hydrogens is 304 g/mol. The number of aryl methyl sites for hydroxylation is 1. The van der Waals surface area contributed by atoms with E-state index >= 15 is 0 Å². The Balaban J connectivity index is 1.51. The lowest BCUT2D eigenvalue weighted by Gasteiger charge is -2.18. The number of hydrogen-bond acceptors (Lipinski definition) is 3. The van der Waals surface area contributed by atoms with E-state index in [9.17, 15) is 0 Å². The summed E-state index contributed by atoms with van der Waals surface area (Å²) in [5.41, 5.74) is 3.61. The van der Waals surface area contributed by atoms with E-state index in [1.54, 1.807) is 6.20 Å². The van der Waals surface area contributed by atoms with Crippen molar-refractivity contribution in [2.45, 2.75) is 26.3 Å². The summed E-state index contributed by atoms with van der Waals surface area (Å²) in [5.74, 6) is 0.800. The van der Waals surface area contributed by atoms with Crippen molar-refractivity contribution in [3.8, 4) is 0 Å². The molecule has 0 bridgehead atoms. The van der Waals surface area contributed by atoms with Crippen LogP contribution in [0.3, 0.4) is 0 Å². The lowest BCUT2D eigenvalue weighted by atomic mass is 10.2. The van der Waals surface area contributed by atoms with Gasteiger partial charge in [0.05, 0.1) is 0 Å². The molecule has 0 unspecified atom stereocenters. The number of nitrogens with zero attached hydrogens (tertiary/aromatic N) is 2. The number of aromatic nitrogens is 1. The lowest BCUT2D eigenvalue weighted by Crippen LogP contribution is -2.28. The summed E-state index contributed by atoms with van der Waals surface area (Å²) in [4.78, 5) is 6.72. The quantitative estimate of drug-likeness (QED) is 0.842. The SMILES string of the molecule is Cc1cccnc1NC(=S)NCc1ccc(N2CCCC2)cc1. The summed E-state index contributed by atoms with van der Waals surface area (Å²) in [5, 5.41) is 6.96. The molecule has 1 aliphatic rings. The molecule has 1 fully saturated rings. The van der Waals surface area contributed by atoms with Crippen molar-refractivity contribution >= 4 is 28.8 Å². The molecule has 2 N–H and O–H groups in total. The summed E-state index contributed by atoms with van der Waals surface area (Å²) < 4.78 is 0. The van der Waals surface area contributed by atoms with Gasteiger partial charge in [0.25, 0.3) is 0 Å². The second-order valence-corrected chi connectivity index (χ2v) is 6.25. The van der Waals surface area contributed by atoms with E-state index in [0.717, 1.165) is 11.4 Å². The first-order valence-electron chi connectivity index (χ1n) is 8.03. The van der Waals surface area contributed by atoms with Crippen molar-refractivity contribution < 1.29 is 0 Å². The van der Waals surface area contributed by atoms with Crippen LogP contribution < -0.4 is 15.5 Å². The average molecular weight is 326 g/mol. The molecule has 0 saturated carbocycles. The Hall–Kier alpha value is -2.14. The van der Waals surface area contributed by atoms with Crippen LogP contribution in [-0.4, -0.2) is 23.2 Å². The highest BCUT2D eigenvalue weighted by Gasteiger charge is 2.11. The second kappa shape index (κ2) is 7.42. The summed E-state index contributed by atoms with van der Waals surface area (Å²) in [7, 11) is 0. The Morgan fingerprint density at radius 2 is 1.91 bits per heavy atom. The third-order valence-corrected chi connectivity index (χ3v) is 4.35. The van der Waals surface area contributed by atoms with Crippen molar-refractivity contribution in [3.05, 3.63) is 53.7 Å². The highest BCUT2D eigenvalue weighted by atomic mass is 32.1. The normalized spacial score (nSPS) is 13.9. The average Bonchev–Trinajstić information content (AvgIpc) is 3.10. The zero-order valence-electron chi connectivity index (χ0n) is 13.4. The van der Waals surface area contributed by atoms with Crippen LogP contribution in [0.5, 0.6) is 0 Å². The van der Waals surface area contributed by atoms with Gasteiger partial charge in [0.1, 0.15) is 5.82 Å². The topological polar surface area (TPSA) is 40.2 Å². The van der Waals surface area contributed by atoms with Crippen LogP contribution in [0.4, 0.5) is 11.5 Å². The maximum absolute atomic E-state index is 5.34. The lowest BCUT2D eigenvalue weighted by molar-refractivity contribution is 0.919. The van der Waals surface area contributed by atoms with E-state index in [0.29, 0.717) is 11.7 Å². The Kier molecular flexibility index (Phi) is 5.08. The monoisotopic (exact) mass is 326 g/mol. The van der Waals surface area contributed by atoms with Crippen LogP contribution >= 0.6 is 12.2 Å². The second-order valence-electron chi connectivity index (χ2n) is 5.84. The molecule has 5 heteroatoms. The molecule has 0 atom stereocenters. The minimum atomic E-state index is 0.593. The molecule has 0 radical (unpaired) electrons. The van der Waals surface area contributed by atoms with Crippen molar-refractivity contribution in [2.24, 2.45) is 0 Å². The van der Waals surface area contributed by atoms with Gasteiger partial charge in [-0.05, 0) is 61.3 Å². The summed E-state index contributed by atoms with van der Waals surface area (Å²) in [6.45, 7) is 5.07. The molecule has 2 aromatic rings. The standard InChI is InChI=1S/C18H22N4S/c1-14-5-4-10-19-17(14)21-18(23)20-13-15-6-8-16(9-7-15)22-11-2-3-12-22/h4-10H,2-3,11-13H2,1H3,(H2,19,20,21,23). The fraction of sp³-hybridized carbons (Fsp3) is 0.333. The number of pyridine rings is 1. The number of thiocarbonyl (C=S) groups is 1. The Labute approximate surface area is 142 Å². The van der Waals surface area contributed by atoms with E-state index < -0.39 is 0 Å². The number of anilines is 2. The summed E-state index contributed by atoms with van der Waals surface area (Å²) in [6.07, 6.45) is 4.36. The molecule has 120 valence electrons. The first-order valence-corrected chi connectivity index (χ1v) is 8.43. The Morgan fingerprint density at radius 1 is 1.17 bits per heavy atom. The van der Waals surface area contributed by atoms with Crippen LogP contribution in [0.2, 0.25) is 0 Å². The third kappa shape index (κ3) is 4.20. The van der Waals surface area contributed by atoms with Crippen molar-refractivity contribution in [2.75, 3.05) is 23.3 Å². The molecule has 1 aromatic carbocycles. The van der Waals surface area contributed by atoms with Gasteiger partial charge in [-0.25, -0.2) is 4.98 Å². The van der Waals surface area contributed by atoms with Gasteiger partial charge in [-0.3, -0.25) is 0 Å². The highest BCUT2D eigenvalue weighted by molar-refractivity contribution is 7.80. The van der Waals surface area contributed by atoms with Crippen LogP contribution in [-0.2, 0) is 6.54 Å². The molecule has 2 heterocycles. The van der Waals surface area contributed by atoms with Gasteiger partial charge in [-0.2, -0.15) is 0 Å². The fourth-order valence-corrected chi connectivity index (χ4v) is 2.92. The third-order valence-electron chi connectivity index (χ3n) is 4.10. The van der Waals surface area contributed by atoms with E-state index in [4.69, 9.17) is 12.2 Å². The van der Waals surface area contributed by atoms with Crippen molar-refractivity contribution in [1.82, 2.24) is 10.3 Å². The maximum Gasteiger partial charge on any atom is 0.172 e. The molecule has 0 aliphatic carbocycles. The zero-order valence-corrected chi connectivity index (χ0v) is 14.2. The molecule has 1 aromatic heterocycles. The molecule has 4 nitrogen and oxygen atoms in total. The smallest absolute Gasteiger partial charge is 0.172 e. The molecule has 1 saturated heterocycles. The van der Waals surface area contributed by atoms with Crippen molar-refractivity contribution in [3.63, 3.8) is 0 Å². The van der Waals surface area contributed by atoms with Gasteiger partial charge in [-0.1, -0.05) is 18.2 Å². The van der Waals surface area contributed by atoms with Crippen molar-refractivity contribution in [1.29, 1.82) is 0 Å². The maximum atomic E-state index is 5.34. The number of nitrogens with one attached hydrogen (secondary N) is 2. The van der Waals surface area contributed by atoms with Gasteiger partial charge in [0, 0.05) is 31.5 Å². The van der Waals surface area contributed by atoms with E-state index in [1.165, 1.54) is 37.2 Å². The van der Waals surface area contributed by atoms with Gasteiger partial charge in [0.15, 0.2) is 5.11 Å². The number of benzene rings is 1. The van der Waals surface area contributed by atoms with Crippen LogP contribution in [0.15, 0.2) is 42.6 Å². The predicted molar refractivity (Wildman–Crippen MR) is 99.9 cm³/mol. The zero-order chi connectivity index (χ0) is 16.1. The number of rotatable bonds is 4. The number of hydrogen-bond donors (Lipinski definition) is 2. The predicted octanol–water partition coefficient (Wildman–Crippen LogP) is 3.48. The van der Waals surface area contributed by atoms with Crippen LogP contribution in [0.25, 0.3) is 0 Å². The molecule has 0 amide bonds. The minimum absolute atomic E-state index is 0.593. The van der Waals surface area contributed by atoms with Gasteiger partial charge in [0.2, 0.25) is 0 Å². The Morgan fingerprint density at radius 3 is 2.61 bits per heavy atom. The Bertz CT molecular complexity index is 663. The molecule has 3 rings (SSSR count). The van der Waals surface area contributed by atoms with Crippen LogP contribution in [0.1, 0.15) is 24.0 Å². The van der Waals surface area contributed by atoms with Gasteiger partial charge < -0.3 is 15.5 Å². The first-order chi connectivity index (χ1) is 11.2. The van der Waals surface area contributed by atoms with Gasteiger partial charge >= 0.3 is 0 Å². The van der Waals surface area contributed by atoms with Gasteiger partial charge in [-0.15, -0.1) is 0 Å². The highest BCUT2D eigenvalue weighted by Crippen LogP contribution is 2.20. The van der Waals surface area contributed by atoms with E-state index in [1.807, 2.05) is 19.1 Å². The minimum Gasteiger partial charge on any atom is -0.372 e. The molecule has 0 spiro atoms. The fourth-order valence-electron chi connectivity index (χ4n) is 2.75. The summed E-state index contributed by atoms with van der Waals surface area (Å²) in [6, 6.07) is 12.6. The van der Waals surface area contributed by atoms with Crippen LogP contribution in [0, 0.1) is 6.92 Å². The molecule has 1 aliphatic heterocycles. The molecular formula is C18H22N4S.